The second-order valence-electron chi connectivity index (χ2n) is 6.14. The average molecular weight is 443 g/mol. The minimum atomic E-state index is -0.359. The van der Waals surface area contributed by atoms with E-state index in [-0.39, 0.29) is 17.5 Å². The summed E-state index contributed by atoms with van der Waals surface area (Å²) < 4.78 is 10.4. The number of hydrogen-bond donors (Lipinski definition) is 2. The highest BCUT2D eigenvalue weighted by Gasteiger charge is 2.15. The van der Waals surface area contributed by atoms with Crippen LogP contribution in [0.15, 0.2) is 70.3 Å². The number of furan rings is 1. The lowest BCUT2D eigenvalue weighted by molar-refractivity contribution is -0.117. The second kappa shape index (κ2) is 11.3. The van der Waals surface area contributed by atoms with Crippen LogP contribution in [0.4, 0.5) is 0 Å². The van der Waals surface area contributed by atoms with Crippen molar-refractivity contribution in [3.63, 3.8) is 0 Å². The van der Waals surface area contributed by atoms with E-state index in [1.807, 2.05) is 29.6 Å². The molecular weight excluding hydrogens is 420 g/mol. The lowest BCUT2D eigenvalue weighted by Crippen LogP contribution is -2.35. The summed E-state index contributed by atoms with van der Waals surface area (Å²) >= 11 is 3.15. The van der Waals surface area contributed by atoms with Crippen LogP contribution in [-0.2, 0) is 10.5 Å². The predicted octanol–water partition coefficient (Wildman–Crippen LogP) is 4.17. The molecule has 0 radical (unpaired) electrons. The maximum Gasteiger partial charge on any atom is 0.267 e. The molecule has 0 saturated carbocycles. The van der Waals surface area contributed by atoms with Gasteiger partial charge in [-0.05, 0) is 53.9 Å². The molecule has 2 amide bonds. The van der Waals surface area contributed by atoms with Gasteiger partial charge in [0.15, 0.2) is 0 Å². The van der Waals surface area contributed by atoms with E-state index < -0.39 is 0 Å². The van der Waals surface area contributed by atoms with Crippen molar-refractivity contribution in [2.24, 2.45) is 0 Å². The molecule has 0 bridgehead atoms. The molecule has 0 atom stereocenters. The third-order valence-corrected chi connectivity index (χ3v) is 5.83. The Kier molecular flexibility index (Phi) is 8.17. The van der Waals surface area contributed by atoms with Crippen molar-refractivity contribution in [2.45, 2.75) is 5.75 Å². The van der Waals surface area contributed by atoms with Gasteiger partial charge in [0.05, 0.1) is 19.1 Å². The number of thioether (sulfide) groups is 1. The van der Waals surface area contributed by atoms with Crippen molar-refractivity contribution in [3.05, 3.63) is 82.1 Å². The van der Waals surface area contributed by atoms with Gasteiger partial charge in [-0.25, -0.2) is 0 Å². The highest BCUT2D eigenvalue weighted by atomic mass is 32.2. The van der Waals surface area contributed by atoms with E-state index in [0.29, 0.717) is 17.9 Å². The van der Waals surface area contributed by atoms with Crippen LogP contribution >= 0.6 is 23.1 Å². The van der Waals surface area contributed by atoms with Gasteiger partial charge in [-0.15, -0.1) is 11.3 Å². The maximum atomic E-state index is 12.7. The van der Waals surface area contributed by atoms with Gasteiger partial charge >= 0.3 is 0 Å². The summed E-state index contributed by atoms with van der Waals surface area (Å²) in [6.07, 6.45) is 3.32. The van der Waals surface area contributed by atoms with Gasteiger partial charge in [0, 0.05) is 22.7 Å². The molecule has 8 heteroatoms. The van der Waals surface area contributed by atoms with Crippen LogP contribution in [0, 0.1) is 0 Å². The molecule has 3 aromatic rings. The minimum Gasteiger partial charge on any atom is -0.497 e. The molecule has 30 heavy (non-hydrogen) atoms. The summed E-state index contributed by atoms with van der Waals surface area (Å²) in [6, 6.07) is 14.3. The molecule has 2 aromatic heterocycles. The Labute approximate surface area is 183 Å². The molecule has 3 rings (SSSR count). The predicted molar refractivity (Wildman–Crippen MR) is 121 cm³/mol. The van der Waals surface area contributed by atoms with Gasteiger partial charge < -0.3 is 19.8 Å². The van der Waals surface area contributed by atoms with Crippen molar-refractivity contribution in [3.8, 4) is 5.75 Å². The first-order chi connectivity index (χ1) is 14.7. The molecule has 0 fully saturated rings. The zero-order valence-corrected chi connectivity index (χ0v) is 18.1. The minimum absolute atomic E-state index is 0.203. The Morgan fingerprint density at radius 3 is 2.67 bits per heavy atom. The lowest BCUT2D eigenvalue weighted by Gasteiger charge is -2.11. The Balaban J connectivity index is 1.58. The summed E-state index contributed by atoms with van der Waals surface area (Å²) in [5.74, 6) is 2.34. The van der Waals surface area contributed by atoms with Crippen LogP contribution in [0.3, 0.4) is 0 Å². The van der Waals surface area contributed by atoms with E-state index in [2.05, 4.69) is 10.6 Å². The number of carbonyl (C=O) groups is 2. The molecule has 0 aliphatic carbocycles. The molecule has 0 saturated heterocycles. The molecular formula is C22H22N2O4S2. The van der Waals surface area contributed by atoms with Gasteiger partial charge in [0.1, 0.15) is 17.2 Å². The van der Waals surface area contributed by atoms with E-state index in [9.17, 15) is 9.59 Å². The molecule has 156 valence electrons. The summed E-state index contributed by atoms with van der Waals surface area (Å²) in [6.45, 7) is 0.477. The number of ether oxygens (including phenoxy) is 1. The van der Waals surface area contributed by atoms with Crippen LogP contribution in [-0.4, -0.2) is 31.2 Å². The molecule has 6 nitrogen and oxygen atoms in total. The summed E-state index contributed by atoms with van der Waals surface area (Å²) in [7, 11) is 1.56. The van der Waals surface area contributed by atoms with Crippen LogP contribution in [0.1, 0.15) is 21.0 Å². The smallest absolute Gasteiger partial charge is 0.267 e. The normalized spacial score (nSPS) is 11.2. The number of rotatable bonds is 10. The Morgan fingerprint density at radius 2 is 2.00 bits per heavy atom. The quantitative estimate of drug-likeness (QED) is 0.364. The number of carbonyl (C=O) groups excluding carboxylic acids is 2. The Morgan fingerprint density at radius 1 is 1.17 bits per heavy atom. The molecule has 1 aromatic carbocycles. The molecule has 2 N–H and O–H groups in total. The summed E-state index contributed by atoms with van der Waals surface area (Å²) in [5, 5.41) is 7.50. The number of hydrogen-bond acceptors (Lipinski definition) is 6. The van der Waals surface area contributed by atoms with Crippen molar-refractivity contribution >= 4 is 41.0 Å². The zero-order chi connectivity index (χ0) is 21.2. The van der Waals surface area contributed by atoms with E-state index in [1.54, 1.807) is 55.5 Å². The fourth-order valence-electron chi connectivity index (χ4n) is 2.51. The zero-order valence-electron chi connectivity index (χ0n) is 16.4. The first-order valence-electron chi connectivity index (χ1n) is 9.24. The van der Waals surface area contributed by atoms with Gasteiger partial charge in [-0.2, -0.15) is 11.8 Å². The van der Waals surface area contributed by atoms with E-state index >= 15 is 0 Å². The van der Waals surface area contributed by atoms with Gasteiger partial charge in [0.25, 0.3) is 11.8 Å². The summed E-state index contributed by atoms with van der Waals surface area (Å²) in [5.41, 5.74) is 0.643. The van der Waals surface area contributed by atoms with Crippen LogP contribution in [0.2, 0.25) is 0 Å². The Bertz CT molecular complexity index is 965. The van der Waals surface area contributed by atoms with Crippen LogP contribution < -0.4 is 15.4 Å². The third kappa shape index (κ3) is 6.53. The fourth-order valence-corrected chi connectivity index (χ4v) is 3.92. The second-order valence-corrected chi connectivity index (χ2v) is 8.23. The van der Waals surface area contributed by atoms with Crippen LogP contribution in [0.5, 0.6) is 5.75 Å². The highest BCUT2D eigenvalue weighted by molar-refractivity contribution is 7.98. The van der Waals surface area contributed by atoms with Gasteiger partial charge in [0.2, 0.25) is 0 Å². The molecule has 0 aliphatic heterocycles. The average Bonchev–Trinajstić information content (AvgIpc) is 3.47. The van der Waals surface area contributed by atoms with E-state index in [0.717, 1.165) is 22.1 Å². The van der Waals surface area contributed by atoms with Crippen molar-refractivity contribution in [1.29, 1.82) is 0 Å². The molecule has 0 aliphatic rings. The largest absolute Gasteiger partial charge is 0.497 e. The number of thiophene rings is 1. The first-order valence-corrected chi connectivity index (χ1v) is 11.3. The number of benzene rings is 1. The van der Waals surface area contributed by atoms with Crippen molar-refractivity contribution < 1.29 is 18.7 Å². The first kappa shape index (κ1) is 21.7. The molecule has 0 spiro atoms. The number of nitrogens with one attached hydrogen (secondary N) is 2. The standard InChI is InChI=1S/C22H22N2O4S2/c1-27-17-8-6-16(7-9-17)21(25)24-20(14-19-5-3-12-30-19)22(26)23-10-13-29-15-18-4-2-11-28-18/h2-9,11-12,14H,10,13,15H2,1H3,(H,23,26)(H,24,25)/b20-14-. The Hall–Kier alpha value is -2.97. The van der Waals surface area contributed by atoms with E-state index in [1.165, 1.54) is 11.3 Å². The van der Waals surface area contributed by atoms with Crippen molar-refractivity contribution in [1.82, 2.24) is 10.6 Å². The monoisotopic (exact) mass is 442 g/mol. The van der Waals surface area contributed by atoms with Gasteiger partial charge in [-0.1, -0.05) is 6.07 Å². The number of amides is 2. The van der Waals surface area contributed by atoms with Gasteiger partial charge in [-0.3, -0.25) is 9.59 Å². The topological polar surface area (TPSA) is 80.6 Å². The maximum absolute atomic E-state index is 12.7. The lowest BCUT2D eigenvalue weighted by atomic mass is 10.2. The van der Waals surface area contributed by atoms with Crippen LogP contribution in [0.25, 0.3) is 6.08 Å². The highest BCUT2D eigenvalue weighted by Crippen LogP contribution is 2.15. The third-order valence-electron chi connectivity index (χ3n) is 4.03. The van der Waals surface area contributed by atoms with Crippen molar-refractivity contribution in [2.75, 3.05) is 19.4 Å². The SMILES string of the molecule is COc1ccc(C(=O)N/C(=C\c2cccs2)C(=O)NCCSCc2ccco2)cc1. The summed E-state index contributed by atoms with van der Waals surface area (Å²) in [4.78, 5) is 26.2. The number of methoxy groups -OCH3 is 1. The fraction of sp³-hybridized carbons (Fsp3) is 0.182. The molecule has 0 unspecified atom stereocenters. The molecule has 2 heterocycles. The van der Waals surface area contributed by atoms with E-state index in [4.69, 9.17) is 9.15 Å².